The van der Waals surface area contributed by atoms with Gasteiger partial charge in [0.1, 0.15) is 5.82 Å². The van der Waals surface area contributed by atoms with Gasteiger partial charge in [0, 0.05) is 42.4 Å². The van der Waals surface area contributed by atoms with Crippen LogP contribution in [0, 0.1) is 5.82 Å². The molecule has 1 heterocycles. The highest BCUT2D eigenvalue weighted by Crippen LogP contribution is 2.20. The van der Waals surface area contributed by atoms with Gasteiger partial charge in [-0.2, -0.15) is 0 Å². The number of carbonyl (C=O) groups is 1. The summed E-state index contributed by atoms with van der Waals surface area (Å²) >= 11 is 1.66. The number of nitrogens with zero attached hydrogens (tertiary/aromatic N) is 2. The van der Waals surface area contributed by atoms with Gasteiger partial charge in [-0.15, -0.1) is 11.8 Å². The van der Waals surface area contributed by atoms with Crippen LogP contribution in [0.4, 0.5) is 15.8 Å². The van der Waals surface area contributed by atoms with E-state index in [0.717, 1.165) is 48.9 Å². The van der Waals surface area contributed by atoms with E-state index in [0.29, 0.717) is 0 Å². The lowest BCUT2D eigenvalue weighted by Gasteiger charge is -2.27. The Morgan fingerprint density at radius 2 is 1.89 bits per heavy atom. The molecule has 1 atom stereocenters. The van der Waals surface area contributed by atoms with E-state index in [1.807, 2.05) is 49.6 Å². The number of hydrogen-bond donors (Lipinski definition) is 1. The lowest BCUT2D eigenvalue weighted by Crippen LogP contribution is -2.43. The molecule has 0 aromatic heterocycles. The molecule has 2 aromatic carbocycles. The van der Waals surface area contributed by atoms with Gasteiger partial charge in [0.15, 0.2) is 0 Å². The molecule has 3 rings (SSSR count). The van der Waals surface area contributed by atoms with Gasteiger partial charge in [0.25, 0.3) is 0 Å². The van der Waals surface area contributed by atoms with Crippen molar-refractivity contribution in [3.05, 3.63) is 54.3 Å². The largest absolute Gasteiger partial charge is 0.370 e. The summed E-state index contributed by atoms with van der Waals surface area (Å²) in [5, 5.41) is 3.03. The van der Waals surface area contributed by atoms with Crippen LogP contribution in [0.1, 0.15) is 13.3 Å². The smallest absolute Gasteiger partial charge is 0.241 e. The molecule has 1 fully saturated rings. The van der Waals surface area contributed by atoms with Gasteiger partial charge in [-0.05, 0) is 62.1 Å². The maximum atomic E-state index is 13.1. The van der Waals surface area contributed by atoms with E-state index in [2.05, 4.69) is 15.1 Å². The van der Waals surface area contributed by atoms with E-state index < -0.39 is 0 Å². The molecule has 0 bridgehead atoms. The predicted octanol–water partition coefficient (Wildman–Crippen LogP) is 4.09. The Morgan fingerprint density at radius 3 is 2.63 bits per heavy atom. The zero-order valence-electron chi connectivity index (χ0n) is 15.8. The van der Waals surface area contributed by atoms with Crippen LogP contribution in [-0.2, 0) is 4.79 Å². The van der Waals surface area contributed by atoms with Crippen LogP contribution in [0.15, 0.2) is 53.4 Å². The maximum absolute atomic E-state index is 13.1. The zero-order valence-corrected chi connectivity index (χ0v) is 16.6. The Bertz CT molecular complexity index is 768. The van der Waals surface area contributed by atoms with Gasteiger partial charge in [-0.3, -0.25) is 9.69 Å². The van der Waals surface area contributed by atoms with E-state index >= 15 is 0 Å². The number of carbonyl (C=O) groups excluding carboxylic acids is 1. The maximum Gasteiger partial charge on any atom is 0.241 e. The molecule has 27 heavy (non-hydrogen) atoms. The van der Waals surface area contributed by atoms with Gasteiger partial charge < -0.3 is 10.2 Å². The fourth-order valence-electron chi connectivity index (χ4n) is 3.35. The SMILES string of the molecule is CSc1cccc(NC(=O)C(C)N2CCCN(c3ccc(F)cc3)CC2)c1. The third kappa shape index (κ3) is 5.23. The number of halogens is 1. The molecule has 1 aliphatic heterocycles. The molecule has 1 amide bonds. The van der Waals surface area contributed by atoms with Gasteiger partial charge in [0.05, 0.1) is 6.04 Å². The molecule has 144 valence electrons. The Balaban J connectivity index is 1.58. The van der Waals surface area contributed by atoms with E-state index in [9.17, 15) is 9.18 Å². The minimum atomic E-state index is -0.217. The zero-order chi connectivity index (χ0) is 19.2. The Labute approximate surface area is 164 Å². The molecule has 4 nitrogen and oxygen atoms in total. The number of anilines is 2. The van der Waals surface area contributed by atoms with Crippen molar-refractivity contribution < 1.29 is 9.18 Å². The van der Waals surface area contributed by atoms with E-state index in [-0.39, 0.29) is 17.8 Å². The first kappa shape index (κ1) is 19.7. The number of nitrogens with one attached hydrogen (secondary N) is 1. The number of benzene rings is 2. The van der Waals surface area contributed by atoms with Crippen molar-refractivity contribution in [2.45, 2.75) is 24.3 Å². The summed E-state index contributed by atoms with van der Waals surface area (Å²) in [6.45, 7) is 5.37. The molecule has 0 aliphatic carbocycles. The second-order valence-electron chi connectivity index (χ2n) is 6.75. The molecule has 2 aromatic rings. The van der Waals surface area contributed by atoms with Crippen LogP contribution in [0.5, 0.6) is 0 Å². The first-order valence-electron chi connectivity index (χ1n) is 9.26. The minimum absolute atomic E-state index is 0.0171. The topological polar surface area (TPSA) is 35.6 Å². The molecule has 0 radical (unpaired) electrons. The summed E-state index contributed by atoms with van der Waals surface area (Å²) in [7, 11) is 0. The Hall–Kier alpha value is -2.05. The van der Waals surface area contributed by atoms with Crippen molar-refractivity contribution in [2.24, 2.45) is 0 Å². The van der Waals surface area contributed by atoms with Gasteiger partial charge >= 0.3 is 0 Å². The molecular weight excluding hydrogens is 361 g/mol. The van der Waals surface area contributed by atoms with Crippen LogP contribution in [-0.4, -0.2) is 49.3 Å². The first-order chi connectivity index (χ1) is 13.1. The molecule has 0 spiro atoms. The molecule has 1 aliphatic rings. The van der Waals surface area contributed by atoms with Crippen LogP contribution < -0.4 is 10.2 Å². The molecule has 0 saturated carbocycles. The van der Waals surface area contributed by atoms with Crippen molar-refractivity contribution in [1.82, 2.24) is 4.90 Å². The number of hydrogen-bond acceptors (Lipinski definition) is 4. The number of rotatable bonds is 5. The van der Waals surface area contributed by atoms with E-state index in [4.69, 9.17) is 0 Å². The summed E-state index contributed by atoms with van der Waals surface area (Å²) in [6, 6.07) is 14.3. The third-order valence-electron chi connectivity index (χ3n) is 4.99. The van der Waals surface area contributed by atoms with Crippen molar-refractivity contribution in [2.75, 3.05) is 42.7 Å². The monoisotopic (exact) mass is 387 g/mol. The average Bonchev–Trinajstić information content (AvgIpc) is 2.94. The second-order valence-corrected chi connectivity index (χ2v) is 7.63. The Morgan fingerprint density at radius 1 is 1.11 bits per heavy atom. The van der Waals surface area contributed by atoms with Gasteiger partial charge in [0.2, 0.25) is 5.91 Å². The summed E-state index contributed by atoms with van der Waals surface area (Å²) in [5.74, 6) is -0.200. The molecule has 1 N–H and O–H groups in total. The summed E-state index contributed by atoms with van der Waals surface area (Å²) < 4.78 is 13.1. The van der Waals surface area contributed by atoms with Crippen LogP contribution in [0.2, 0.25) is 0 Å². The summed E-state index contributed by atoms with van der Waals surface area (Å²) in [6.07, 6.45) is 2.99. The van der Waals surface area contributed by atoms with E-state index in [1.165, 1.54) is 12.1 Å². The standard InChI is InChI=1S/C21H26FN3OS/c1-16(21(26)23-18-5-3-6-20(15-18)27-2)24-11-4-12-25(14-13-24)19-9-7-17(22)8-10-19/h3,5-10,15-16H,4,11-14H2,1-2H3,(H,23,26). The van der Waals surface area contributed by atoms with Crippen molar-refractivity contribution >= 4 is 29.0 Å². The van der Waals surface area contributed by atoms with Crippen LogP contribution >= 0.6 is 11.8 Å². The summed E-state index contributed by atoms with van der Waals surface area (Å²) in [5.41, 5.74) is 1.87. The Kier molecular flexibility index (Phi) is 6.74. The fourth-order valence-corrected chi connectivity index (χ4v) is 3.81. The van der Waals surface area contributed by atoms with Gasteiger partial charge in [-0.1, -0.05) is 6.07 Å². The molecular formula is C21H26FN3OS. The fraction of sp³-hybridized carbons (Fsp3) is 0.381. The molecule has 1 unspecified atom stereocenters. The third-order valence-corrected chi connectivity index (χ3v) is 5.71. The van der Waals surface area contributed by atoms with Crippen LogP contribution in [0.25, 0.3) is 0 Å². The minimum Gasteiger partial charge on any atom is -0.370 e. The highest BCUT2D eigenvalue weighted by atomic mass is 32.2. The number of amides is 1. The van der Waals surface area contributed by atoms with E-state index in [1.54, 1.807) is 11.8 Å². The molecule has 6 heteroatoms. The number of thioether (sulfide) groups is 1. The van der Waals surface area contributed by atoms with Gasteiger partial charge in [-0.25, -0.2) is 4.39 Å². The van der Waals surface area contributed by atoms with Crippen molar-refractivity contribution in [3.8, 4) is 0 Å². The predicted molar refractivity (Wildman–Crippen MR) is 111 cm³/mol. The quantitative estimate of drug-likeness (QED) is 0.784. The molecule has 1 saturated heterocycles. The highest BCUT2D eigenvalue weighted by molar-refractivity contribution is 7.98. The second kappa shape index (κ2) is 9.24. The lowest BCUT2D eigenvalue weighted by atomic mass is 10.2. The van der Waals surface area contributed by atoms with Crippen LogP contribution in [0.3, 0.4) is 0 Å². The lowest BCUT2D eigenvalue weighted by molar-refractivity contribution is -0.120. The summed E-state index contributed by atoms with van der Waals surface area (Å²) in [4.78, 5) is 18.3. The van der Waals surface area contributed by atoms with Crippen molar-refractivity contribution in [3.63, 3.8) is 0 Å². The highest BCUT2D eigenvalue weighted by Gasteiger charge is 2.24. The van der Waals surface area contributed by atoms with Crippen molar-refractivity contribution in [1.29, 1.82) is 0 Å². The first-order valence-corrected chi connectivity index (χ1v) is 10.5. The normalized spacial score (nSPS) is 16.6. The average molecular weight is 388 g/mol.